The highest BCUT2D eigenvalue weighted by molar-refractivity contribution is 5.88. The van der Waals surface area contributed by atoms with Crippen molar-refractivity contribution in [2.24, 2.45) is 0 Å². The Morgan fingerprint density at radius 2 is 2.00 bits per heavy atom. The lowest BCUT2D eigenvalue weighted by atomic mass is 10.2. The van der Waals surface area contributed by atoms with Crippen molar-refractivity contribution in [3.05, 3.63) is 48.2 Å². The molecule has 0 aliphatic heterocycles. The second kappa shape index (κ2) is 6.75. The molecule has 2 N–H and O–H groups in total. The topological polar surface area (TPSA) is 96.7 Å². The average Bonchev–Trinajstić information content (AvgIpc) is 3.23. The zero-order valence-electron chi connectivity index (χ0n) is 12.7. The van der Waals surface area contributed by atoms with Crippen LogP contribution in [0.2, 0.25) is 0 Å². The van der Waals surface area contributed by atoms with E-state index in [0.29, 0.717) is 11.7 Å². The van der Waals surface area contributed by atoms with Gasteiger partial charge in [-0.25, -0.2) is 4.98 Å². The smallest absolute Gasteiger partial charge is 0.441 e. The van der Waals surface area contributed by atoms with Gasteiger partial charge in [0.25, 0.3) is 0 Å². The van der Waals surface area contributed by atoms with E-state index in [9.17, 15) is 18.0 Å². The molecule has 2 heterocycles. The Labute approximate surface area is 139 Å². The third-order valence-electron chi connectivity index (χ3n) is 3.18. The maximum Gasteiger partial charge on any atom is 0.451 e. The molecule has 2 aromatic heterocycles. The van der Waals surface area contributed by atoms with E-state index >= 15 is 0 Å². The van der Waals surface area contributed by atoms with Gasteiger partial charge in [-0.2, -0.15) is 18.2 Å². The quantitative estimate of drug-likeness (QED) is 0.736. The van der Waals surface area contributed by atoms with Crippen molar-refractivity contribution in [2.45, 2.75) is 19.0 Å². The Bertz CT molecular complexity index is 857. The maximum absolute atomic E-state index is 12.4. The number of benzene rings is 1. The van der Waals surface area contributed by atoms with Gasteiger partial charge < -0.3 is 4.42 Å². The van der Waals surface area contributed by atoms with Crippen LogP contribution in [0.5, 0.6) is 0 Å². The van der Waals surface area contributed by atoms with Gasteiger partial charge in [-0.1, -0.05) is 30.3 Å². The average molecular weight is 351 g/mol. The monoisotopic (exact) mass is 351 g/mol. The van der Waals surface area contributed by atoms with Crippen molar-refractivity contribution in [1.29, 1.82) is 0 Å². The summed E-state index contributed by atoms with van der Waals surface area (Å²) >= 11 is 0. The van der Waals surface area contributed by atoms with E-state index in [1.807, 2.05) is 30.3 Å². The highest BCUT2D eigenvalue weighted by atomic mass is 19.4. The fourth-order valence-electron chi connectivity index (χ4n) is 2.01. The molecule has 0 radical (unpaired) electrons. The number of hydrogen-bond acceptors (Lipinski definition) is 5. The summed E-state index contributed by atoms with van der Waals surface area (Å²) < 4.78 is 42.7. The van der Waals surface area contributed by atoms with E-state index in [1.165, 1.54) is 0 Å². The van der Waals surface area contributed by atoms with Gasteiger partial charge in [-0.05, 0) is 0 Å². The number of aromatic nitrogens is 4. The van der Waals surface area contributed by atoms with E-state index in [-0.39, 0.29) is 12.8 Å². The Balaban J connectivity index is 1.54. The number of halogens is 3. The van der Waals surface area contributed by atoms with E-state index < -0.39 is 23.9 Å². The number of H-pyrrole nitrogens is 1. The van der Waals surface area contributed by atoms with Crippen molar-refractivity contribution < 1.29 is 22.4 Å². The maximum atomic E-state index is 12.4. The number of hydrogen-bond donors (Lipinski definition) is 2. The second-order valence-corrected chi connectivity index (χ2v) is 5.04. The molecule has 130 valence electrons. The number of carbonyl (C=O) groups excluding carboxylic acids is 1. The lowest BCUT2D eigenvalue weighted by Crippen LogP contribution is -2.14. The molecule has 0 aliphatic carbocycles. The van der Waals surface area contributed by atoms with Crippen LogP contribution in [0.1, 0.15) is 18.1 Å². The first kappa shape index (κ1) is 16.7. The Hall–Kier alpha value is -3.17. The fraction of sp³-hybridized carbons (Fsp3) is 0.200. The molecular weight excluding hydrogens is 339 g/mol. The lowest BCUT2D eigenvalue weighted by molar-refractivity contribution is -0.144. The minimum absolute atomic E-state index is 0.0371. The summed E-state index contributed by atoms with van der Waals surface area (Å²) in [5, 5.41) is 7.19. The highest BCUT2D eigenvalue weighted by Crippen LogP contribution is 2.26. The predicted octanol–water partition coefficient (Wildman–Crippen LogP) is 3.05. The number of amides is 1. The first-order valence-corrected chi connectivity index (χ1v) is 7.21. The van der Waals surface area contributed by atoms with E-state index in [2.05, 4.69) is 20.4 Å². The number of oxazole rings is 1. The molecule has 0 aliphatic rings. The molecule has 1 amide bonds. The summed E-state index contributed by atoms with van der Waals surface area (Å²) in [6, 6.07) is 9.31. The van der Waals surface area contributed by atoms with E-state index in [1.54, 1.807) is 11.3 Å². The fourth-order valence-corrected chi connectivity index (χ4v) is 2.01. The van der Waals surface area contributed by atoms with Crippen molar-refractivity contribution in [1.82, 2.24) is 20.2 Å². The number of aromatic amines is 1. The molecule has 0 unspecified atom stereocenters. The first-order chi connectivity index (χ1) is 11.9. The van der Waals surface area contributed by atoms with Gasteiger partial charge in [-0.3, -0.25) is 15.2 Å². The number of carbonyl (C=O) groups is 1. The summed E-state index contributed by atoms with van der Waals surface area (Å²) in [5.74, 6) is -1.34. The number of nitrogens with one attached hydrogen (secondary N) is 2. The predicted molar refractivity (Wildman–Crippen MR) is 80.3 cm³/mol. The molecular formula is C15H12F3N5O2. The lowest BCUT2D eigenvalue weighted by Gasteiger charge is -2.00. The minimum Gasteiger partial charge on any atom is -0.441 e. The zero-order chi connectivity index (χ0) is 17.9. The SMILES string of the molecule is O=C(CCc1ncc(-c2ccccc2)o1)Nc1n[nH]c(C(F)(F)F)n1. The highest BCUT2D eigenvalue weighted by Gasteiger charge is 2.35. The molecule has 25 heavy (non-hydrogen) atoms. The van der Waals surface area contributed by atoms with Gasteiger partial charge in [0.15, 0.2) is 11.7 Å². The standard InChI is InChI=1S/C15H12F3N5O2/c16-15(17,18)13-21-14(23-22-13)20-11(24)6-7-12-19-8-10(25-12)9-4-2-1-3-5-9/h1-5,8H,6-7H2,(H2,20,21,22,23,24). The number of anilines is 1. The molecule has 3 rings (SSSR count). The number of aryl methyl sites for hydroxylation is 1. The number of rotatable bonds is 5. The minimum atomic E-state index is -4.65. The van der Waals surface area contributed by atoms with Crippen molar-refractivity contribution >= 4 is 11.9 Å². The van der Waals surface area contributed by atoms with Gasteiger partial charge in [-0.15, -0.1) is 5.10 Å². The summed E-state index contributed by atoms with van der Waals surface area (Å²) in [7, 11) is 0. The van der Waals surface area contributed by atoms with Crippen LogP contribution < -0.4 is 5.32 Å². The molecule has 0 saturated heterocycles. The van der Waals surface area contributed by atoms with Gasteiger partial charge in [0, 0.05) is 18.4 Å². The Kier molecular flexibility index (Phi) is 4.50. The van der Waals surface area contributed by atoms with Crippen molar-refractivity contribution in [3.63, 3.8) is 0 Å². The molecule has 0 bridgehead atoms. The Morgan fingerprint density at radius 3 is 2.68 bits per heavy atom. The van der Waals surface area contributed by atoms with Crippen LogP contribution in [0, 0.1) is 0 Å². The van der Waals surface area contributed by atoms with Gasteiger partial charge in [0.1, 0.15) is 0 Å². The van der Waals surface area contributed by atoms with Crippen LogP contribution in [0.4, 0.5) is 19.1 Å². The number of alkyl halides is 3. The summed E-state index contributed by atoms with van der Waals surface area (Å²) in [5.41, 5.74) is 0.853. The second-order valence-electron chi connectivity index (χ2n) is 5.04. The summed E-state index contributed by atoms with van der Waals surface area (Å²) in [6.45, 7) is 0. The third kappa shape index (κ3) is 4.22. The van der Waals surface area contributed by atoms with Crippen LogP contribution in [0.25, 0.3) is 11.3 Å². The van der Waals surface area contributed by atoms with Crippen LogP contribution in [-0.4, -0.2) is 26.1 Å². The molecule has 3 aromatic rings. The van der Waals surface area contributed by atoms with Gasteiger partial charge in [0.05, 0.1) is 6.20 Å². The van der Waals surface area contributed by atoms with E-state index in [4.69, 9.17) is 4.42 Å². The molecule has 7 nitrogen and oxygen atoms in total. The number of nitrogens with zero attached hydrogens (tertiary/aromatic N) is 3. The third-order valence-corrected chi connectivity index (χ3v) is 3.18. The zero-order valence-corrected chi connectivity index (χ0v) is 12.7. The van der Waals surface area contributed by atoms with E-state index in [0.717, 1.165) is 5.56 Å². The first-order valence-electron chi connectivity index (χ1n) is 7.21. The van der Waals surface area contributed by atoms with Crippen LogP contribution in [0.3, 0.4) is 0 Å². The van der Waals surface area contributed by atoms with Crippen LogP contribution in [0.15, 0.2) is 40.9 Å². The van der Waals surface area contributed by atoms with Crippen molar-refractivity contribution in [3.8, 4) is 11.3 Å². The summed E-state index contributed by atoms with van der Waals surface area (Å²) in [4.78, 5) is 19.0. The molecule has 0 atom stereocenters. The molecule has 1 aromatic carbocycles. The van der Waals surface area contributed by atoms with Crippen LogP contribution in [-0.2, 0) is 17.4 Å². The van der Waals surface area contributed by atoms with Gasteiger partial charge in [0.2, 0.25) is 17.7 Å². The summed E-state index contributed by atoms with van der Waals surface area (Å²) in [6.07, 6.45) is -2.95. The van der Waals surface area contributed by atoms with Gasteiger partial charge >= 0.3 is 6.18 Å². The molecule has 0 spiro atoms. The largest absolute Gasteiger partial charge is 0.451 e. The molecule has 0 fully saturated rings. The molecule has 0 saturated carbocycles. The Morgan fingerprint density at radius 1 is 1.24 bits per heavy atom. The normalized spacial score (nSPS) is 11.5. The molecule has 10 heteroatoms. The van der Waals surface area contributed by atoms with Crippen molar-refractivity contribution in [2.75, 3.05) is 5.32 Å². The van der Waals surface area contributed by atoms with Crippen LogP contribution >= 0.6 is 0 Å².